The molecule has 1 N–H and O–H groups in total. The summed E-state index contributed by atoms with van der Waals surface area (Å²) in [5.41, 5.74) is -0.205. The minimum atomic E-state index is -0.808. The van der Waals surface area contributed by atoms with Gasteiger partial charge in [0.2, 0.25) is 5.91 Å². The molecule has 0 atom stereocenters. The van der Waals surface area contributed by atoms with Gasteiger partial charge in [0.25, 0.3) is 0 Å². The molecule has 1 aliphatic carbocycles. The van der Waals surface area contributed by atoms with Crippen LogP contribution in [-0.2, 0) is 4.79 Å². The van der Waals surface area contributed by atoms with Crippen LogP contribution in [0.3, 0.4) is 0 Å². The normalized spacial score (nSPS) is 21.3. The SMILES string of the molecule is O=C(CC1(O)CCCCC1)N1CCN(c2ccccc2F)CC1. The van der Waals surface area contributed by atoms with Crippen molar-refractivity contribution < 1.29 is 14.3 Å². The fourth-order valence-electron chi connectivity index (χ4n) is 3.68. The maximum Gasteiger partial charge on any atom is 0.225 e. The third-order valence-corrected chi connectivity index (χ3v) is 5.09. The van der Waals surface area contributed by atoms with Gasteiger partial charge in [-0.05, 0) is 25.0 Å². The number of aliphatic hydroxyl groups is 1. The lowest BCUT2D eigenvalue weighted by atomic mass is 9.82. The molecule has 5 heteroatoms. The van der Waals surface area contributed by atoms with Crippen molar-refractivity contribution in [2.24, 2.45) is 0 Å². The van der Waals surface area contributed by atoms with E-state index in [0.717, 1.165) is 32.1 Å². The van der Waals surface area contributed by atoms with Crippen molar-refractivity contribution in [3.05, 3.63) is 30.1 Å². The van der Waals surface area contributed by atoms with Crippen molar-refractivity contribution in [3.8, 4) is 0 Å². The fraction of sp³-hybridized carbons (Fsp3) is 0.611. The number of rotatable bonds is 3. The summed E-state index contributed by atoms with van der Waals surface area (Å²) < 4.78 is 13.8. The smallest absolute Gasteiger partial charge is 0.225 e. The molecule has 1 aromatic rings. The third-order valence-electron chi connectivity index (χ3n) is 5.09. The lowest BCUT2D eigenvalue weighted by Crippen LogP contribution is -2.50. The predicted molar refractivity (Wildman–Crippen MR) is 87.8 cm³/mol. The lowest BCUT2D eigenvalue weighted by Gasteiger charge is -2.38. The number of nitrogens with zero attached hydrogens (tertiary/aromatic N) is 2. The molecule has 1 aromatic carbocycles. The van der Waals surface area contributed by atoms with E-state index in [0.29, 0.717) is 31.9 Å². The first-order valence-corrected chi connectivity index (χ1v) is 8.57. The molecule has 0 aromatic heterocycles. The molecular weight excluding hydrogens is 295 g/mol. The Labute approximate surface area is 136 Å². The zero-order valence-corrected chi connectivity index (χ0v) is 13.5. The second-order valence-corrected chi connectivity index (χ2v) is 6.78. The van der Waals surface area contributed by atoms with Crippen molar-refractivity contribution >= 4 is 11.6 Å². The second-order valence-electron chi connectivity index (χ2n) is 6.78. The molecule has 0 radical (unpaired) electrons. The summed E-state index contributed by atoms with van der Waals surface area (Å²) in [6.07, 6.45) is 4.85. The zero-order valence-electron chi connectivity index (χ0n) is 13.5. The molecule has 1 amide bonds. The monoisotopic (exact) mass is 320 g/mol. The molecule has 2 aliphatic rings. The van der Waals surface area contributed by atoms with Crippen LogP contribution in [0, 0.1) is 5.82 Å². The van der Waals surface area contributed by atoms with Crippen molar-refractivity contribution in [3.63, 3.8) is 0 Å². The van der Waals surface area contributed by atoms with E-state index in [-0.39, 0.29) is 18.1 Å². The van der Waals surface area contributed by atoms with Crippen LogP contribution in [0.4, 0.5) is 10.1 Å². The highest BCUT2D eigenvalue weighted by Gasteiger charge is 2.34. The van der Waals surface area contributed by atoms with Gasteiger partial charge in [0.15, 0.2) is 0 Å². The van der Waals surface area contributed by atoms with Crippen LogP contribution in [0.5, 0.6) is 0 Å². The summed E-state index contributed by atoms with van der Waals surface area (Å²) in [5, 5.41) is 10.5. The number of carbonyl (C=O) groups excluding carboxylic acids is 1. The van der Waals surface area contributed by atoms with Gasteiger partial charge in [-0.2, -0.15) is 0 Å². The number of piperazine rings is 1. The molecule has 0 spiro atoms. The predicted octanol–water partition coefficient (Wildman–Crippen LogP) is 2.56. The van der Waals surface area contributed by atoms with Gasteiger partial charge < -0.3 is 14.9 Å². The Morgan fingerprint density at radius 3 is 2.39 bits per heavy atom. The van der Waals surface area contributed by atoms with Crippen LogP contribution >= 0.6 is 0 Å². The number of amides is 1. The molecule has 1 saturated heterocycles. The van der Waals surface area contributed by atoms with Gasteiger partial charge in [0.1, 0.15) is 5.82 Å². The van der Waals surface area contributed by atoms with E-state index in [9.17, 15) is 14.3 Å². The summed E-state index contributed by atoms with van der Waals surface area (Å²) in [4.78, 5) is 16.2. The Morgan fingerprint density at radius 2 is 1.74 bits per heavy atom. The van der Waals surface area contributed by atoms with Gasteiger partial charge in [0, 0.05) is 26.2 Å². The number of para-hydroxylation sites is 1. The van der Waals surface area contributed by atoms with Crippen molar-refractivity contribution in [2.75, 3.05) is 31.1 Å². The Hall–Kier alpha value is -1.62. The van der Waals surface area contributed by atoms with Gasteiger partial charge in [0.05, 0.1) is 17.7 Å². The lowest BCUT2D eigenvalue weighted by molar-refractivity contribution is -0.138. The standard InChI is InChI=1S/C18H25FN2O2/c19-15-6-2-3-7-16(15)20-10-12-21(13-11-20)17(22)14-18(23)8-4-1-5-9-18/h2-3,6-7,23H,1,4-5,8-14H2. The second kappa shape index (κ2) is 6.87. The Balaban J connectivity index is 1.54. The van der Waals surface area contributed by atoms with E-state index >= 15 is 0 Å². The van der Waals surface area contributed by atoms with Gasteiger partial charge in [-0.1, -0.05) is 31.4 Å². The molecule has 3 rings (SSSR count). The number of anilines is 1. The summed E-state index contributed by atoms with van der Waals surface area (Å²) in [7, 11) is 0. The van der Waals surface area contributed by atoms with Crippen molar-refractivity contribution in [1.29, 1.82) is 0 Å². The highest BCUT2D eigenvalue weighted by molar-refractivity contribution is 5.77. The van der Waals surface area contributed by atoms with E-state index in [1.807, 2.05) is 15.9 Å². The molecule has 4 nitrogen and oxygen atoms in total. The van der Waals surface area contributed by atoms with Gasteiger partial charge in [-0.25, -0.2) is 4.39 Å². The van der Waals surface area contributed by atoms with E-state index < -0.39 is 5.60 Å². The van der Waals surface area contributed by atoms with Crippen molar-refractivity contribution in [1.82, 2.24) is 4.90 Å². The van der Waals surface area contributed by atoms with E-state index in [2.05, 4.69) is 0 Å². The Bertz CT molecular complexity index is 550. The average molecular weight is 320 g/mol. The minimum Gasteiger partial charge on any atom is -0.389 e. The van der Waals surface area contributed by atoms with Crippen LogP contribution in [0.25, 0.3) is 0 Å². The minimum absolute atomic E-state index is 0.0302. The molecule has 1 aliphatic heterocycles. The molecule has 0 unspecified atom stereocenters. The molecule has 1 saturated carbocycles. The number of hydrogen-bond donors (Lipinski definition) is 1. The molecule has 1 heterocycles. The van der Waals surface area contributed by atoms with Crippen LogP contribution in [0.1, 0.15) is 38.5 Å². The Morgan fingerprint density at radius 1 is 1.09 bits per heavy atom. The maximum atomic E-state index is 13.8. The molecule has 0 bridgehead atoms. The number of benzene rings is 1. The highest BCUT2D eigenvalue weighted by Crippen LogP contribution is 2.31. The van der Waals surface area contributed by atoms with Crippen LogP contribution < -0.4 is 4.90 Å². The molecule has 23 heavy (non-hydrogen) atoms. The summed E-state index contributed by atoms with van der Waals surface area (Å²) in [6, 6.07) is 6.75. The Kier molecular flexibility index (Phi) is 4.85. The van der Waals surface area contributed by atoms with Crippen LogP contribution in [0.15, 0.2) is 24.3 Å². The highest BCUT2D eigenvalue weighted by atomic mass is 19.1. The third kappa shape index (κ3) is 3.83. The van der Waals surface area contributed by atoms with Gasteiger partial charge in [-0.15, -0.1) is 0 Å². The zero-order chi connectivity index (χ0) is 16.3. The summed E-state index contributed by atoms with van der Waals surface area (Å²) in [5.74, 6) is -0.189. The van der Waals surface area contributed by atoms with Crippen LogP contribution in [-0.4, -0.2) is 47.7 Å². The summed E-state index contributed by atoms with van der Waals surface area (Å²) >= 11 is 0. The quantitative estimate of drug-likeness (QED) is 0.931. The van der Waals surface area contributed by atoms with E-state index in [1.165, 1.54) is 6.07 Å². The first kappa shape index (κ1) is 16.2. The van der Waals surface area contributed by atoms with Crippen LogP contribution in [0.2, 0.25) is 0 Å². The van der Waals surface area contributed by atoms with E-state index in [1.54, 1.807) is 12.1 Å². The van der Waals surface area contributed by atoms with Gasteiger partial charge in [-0.3, -0.25) is 4.79 Å². The molecule has 126 valence electrons. The fourth-order valence-corrected chi connectivity index (χ4v) is 3.68. The molecular formula is C18H25FN2O2. The number of halogens is 1. The average Bonchev–Trinajstić information content (AvgIpc) is 2.56. The number of hydrogen-bond acceptors (Lipinski definition) is 3. The maximum absolute atomic E-state index is 13.8. The van der Waals surface area contributed by atoms with E-state index in [4.69, 9.17) is 0 Å². The number of carbonyl (C=O) groups is 1. The van der Waals surface area contributed by atoms with Crippen molar-refractivity contribution in [2.45, 2.75) is 44.1 Å². The summed E-state index contributed by atoms with van der Waals surface area (Å²) in [6.45, 7) is 2.43. The largest absolute Gasteiger partial charge is 0.389 e. The first-order valence-electron chi connectivity index (χ1n) is 8.57. The molecule has 2 fully saturated rings. The topological polar surface area (TPSA) is 43.8 Å². The first-order chi connectivity index (χ1) is 11.1. The van der Waals surface area contributed by atoms with Gasteiger partial charge >= 0.3 is 0 Å².